The number of rotatable bonds is 20. The first kappa shape index (κ1) is 65.8. The van der Waals surface area contributed by atoms with E-state index >= 15 is 0 Å². The molecule has 0 radical (unpaired) electrons. The summed E-state index contributed by atoms with van der Waals surface area (Å²) in [6, 6.07) is 46.0. The molecule has 0 aromatic heterocycles. The molecule has 8 aromatic carbocycles. The molecule has 0 aliphatic carbocycles. The van der Waals surface area contributed by atoms with Crippen LogP contribution in [0.15, 0.2) is 146 Å². The SMILES string of the molecule is CC1(C)COC(c2cc(Cl)ccc2OP(CCOc2ccc3ccccc3c2-c2c(OCP(Oc3ccc(Cl)cc3C3OCC(C)(C)CO3)Oc3ccc(Cl)cc3C3OCC(C)(C)CO3)ccc3ccccc23)Oc2ccc(Cl)cc2C2OCC(C)(C)CO2)OC1. The molecule has 4 aliphatic rings. The number of hydrogen-bond donors (Lipinski definition) is 0. The summed E-state index contributed by atoms with van der Waals surface area (Å²) in [6.07, 6.45) is -2.79. The largest absolute Gasteiger partial charge is 0.492 e. The third-order valence-electron chi connectivity index (χ3n) is 15.6. The van der Waals surface area contributed by atoms with Crippen molar-refractivity contribution >= 4 is 84.7 Å². The molecule has 0 amide bonds. The van der Waals surface area contributed by atoms with E-state index in [9.17, 15) is 0 Å². The highest BCUT2D eigenvalue weighted by atomic mass is 35.5. The van der Waals surface area contributed by atoms with E-state index in [-0.39, 0.29) is 40.8 Å². The van der Waals surface area contributed by atoms with Crippen molar-refractivity contribution in [3.8, 4) is 45.6 Å². The number of ether oxygens (including phenoxy) is 10. The molecule has 0 saturated carbocycles. The Labute approximate surface area is 554 Å². The number of fused-ring (bicyclic) bond motifs is 2. The van der Waals surface area contributed by atoms with E-state index in [1.54, 1.807) is 48.5 Å². The minimum Gasteiger partial charge on any atom is -0.492 e. The van der Waals surface area contributed by atoms with Crippen LogP contribution in [-0.2, 0) is 37.9 Å². The van der Waals surface area contributed by atoms with Crippen LogP contribution in [0.25, 0.3) is 32.7 Å². The zero-order chi connectivity index (χ0) is 63.7. The Hall–Kier alpha value is -5.22. The zero-order valence-corrected chi connectivity index (χ0v) is 56.9. The smallest absolute Gasteiger partial charge is 0.331 e. The first-order valence-electron chi connectivity index (χ1n) is 30.3. The van der Waals surface area contributed by atoms with Gasteiger partial charge in [0, 0.05) is 52.9 Å². The summed E-state index contributed by atoms with van der Waals surface area (Å²) in [6.45, 7) is 20.6. The Morgan fingerprint density at radius 2 is 0.637 bits per heavy atom. The molecule has 4 saturated heterocycles. The van der Waals surface area contributed by atoms with Gasteiger partial charge < -0.3 is 65.5 Å². The minimum atomic E-state index is -2.05. The van der Waals surface area contributed by atoms with Gasteiger partial charge in [0.05, 0.1) is 87.9 Å². The van der Waals surface area contributed by atoms with E-state index in [1.807, 2.05) is 66.7 Å². The van der Waals surface area contributed by atoms with E-state index in [2.05, 4.69) is 85.7 Å². The molecule has 4 heterocycles. The lowest BCUT2D eigenvalue weighted by molar-refractivity contribution is -0.226. The summed E-state index contributed by atoms with van der Waals surface area (Å²) >= 11 is 26.8. The monoisotopic (exact) mass is 1350 g/mol. The van der Waals surface area contributed by atoms with E-state index in [0.29, 0.717) is 130 Å². The maximum atomic E-state index is 7.17. The first-order chi connectivity index (χ1) is 43.6. The van der Waals surface area contributed by atoms with Crippen LogP contribution >= 0.6 is 63.2 Å². The van der Waals surface area contributed by atoms with E-state index in [1.165, 1.54) is 0 Å². The van der Waals surface area contributed by atoms with Gasteiger partial charge in [-0.2, -0.15) is 0 Å². The summed E-state index contributed by atoms with van der Waals surface area (Å²) in [4.78, 5) is 0. The summed E-state index contributed by atoms with van der Waals surface area (Å²) in [5.41, 5.74) is 3.32. The fraction of sp³-hybridized carbons (Fsp3) is 0.380. The standard InChI is InChI=1S/C71H74Cl4O14P2/c1-68(2)35-77-64(78-36-68)52-31-46(72)19-25-56(52)86-90(87-57-26-20-47(73)32-53(57)65-79-37-69(3,4)38-80-65)30-29-76-60-23-17-44-13-9-11-15-50(44)62(60)63-51-16-12-10-14-45(51)18-24-61(63)85-43-91(88-58-27-21-48(74)33-54(58)66-81-39-70(5,6)40-82-66)89-59-28-22-49(75)34-55(59)67-83-41-71(7,8)42-84-67/h9-28,31-34,64-67H,29-30,35-43H2,1-8H3. The van der Waals surface area contributed by atoms with E-state index in [4.69, 9.17) is 112 Å². The summed E-state index contributed by atoms with van der Waals surface area (Å²) in [5.74, 6) is 2.99. The van der Waals surface area contributed by atoms with Crippen LogP contribution in [-0.4, -0.2) is 72.0 Å². The molecule has 0 bridgehead atoms. The van der Waals surface area contributed by atoms with Crippen molar-refractivity contribution in [1.82, 2.24) is 0 Å². The van der Waals surface area contributed by atoms with Gasteiger partial charge in [0.1, 0.15) is 34.5 Å². The van der Waals surface area contributed by atoms with Crippen LogP contribution in [0.5, 0.6) is 34.5 Å². The molecule has 0 atom stereocenters. The van der Waals surface area contributed by atoms with Gasteiger partial charge in [-0.15, -0.1) is 0 Å². The topological polar surface area (TPSA) is 129 Å². The van der Waals surface area contributed by atoms with Gasteiger partial charge in [0.2, 0.25) is 0 Å². The Bertz CT molecular complexity index is 3710. The molecule has 4 aliphatic heterocycles. The molecule has 12 rings (SSSR count). The van der Waals surface area contributed by atoms with Crippen LogP contribution in [0.3, 0.4) is 0 Å². The third-order valence-corrected chi connectivity index (χ3v) is 19.0. The van der Waals surface area contributed by atoms with Crippen molar-refractivity contribution < 1.29 is 65.5 Å². The molecule has 0 unspecified atom stereocenters. The lowest BCUT2D eigenvalue weighted by atomic mass is 9.92. The summed E-state index contributed by atoms with van der Waals surface area (Å²) < 4.78 is 92.9. The fourth-order valence-electron chi connectivity index (χ4n) is 10.9. The van der Waals surface area contributed by atoms with Gasteiger partial charge in [0.25, 0.3) is 8.38 Å². The quantitative estimate of drug-likeness (QED) is 0.0671. The van der Waals surface area contributed by atoms with Crippen molar-refractivity contribution in [3.63, 3.8) is 0 Å². The second kappa shape index (κ2) is 28.0. The second-order valence-corrected chi connectivity index (χ2v) is 30.9. The molecule has 91 heavy (non-hydrogen) atoms. The molecule has 14 nitrogen and oxygen atoms in total. The third kappa shape index (κ3) is 16.1. The molecular weight excluding hydrogens is 1280 g/mol. The van der Waals surface area contributed by atoms with Crippen molar-refractivity contribution in [2.24, 2.45) is 21.7 Å². The van der Waals surface area contributed by atoms with Gasteiger partial charge in [-0.25, -0.2) is 0 Å². The average Bonchev–Trinajstić information content (AvgIpc) is 0.786. The average molecular weight is 1360 g/mol. The molecule has 0 N–H and O–H groups in total. The van der Waals surface area contributed by atoms with Crippen LogP contribution in [0, 0.1) is 21.7 Å². The van der Waals surface area contributed by atoms with Crippen LogP contribution < -0.4 is 27.6 Å². The predicted octanol–water partition coefficient (Wildman–Crippen LogP) is 20.2. The molecule has 0 spiro atoms. The molecule has 480 valence electrons. The summed E-state index contributed by atoms with van der Waals surface area (Å²) in [5, 5.41) is 5.78. The van der Waals surface area contributed by atoms with Gasteiger partial charge >= 0.3 is 8.38 Å². The number of benzene rings is 8. The van der Waals surface area contributed by atoms with E-state index < -0.39 is 41.9 Å². The van der Waals surface area contributed by atoms with Crippen molar-refractivity contribution in [2.75, 3.05) is 72.0 Å². The van der Waals surface area contributed by atoms with E-state index in [0.717, 1.165) is 32.7 Å². The molecule has 8 aromatic rings. The van der Waals surface area contributed by atoms with Crippen LogP contribution in [0.2, 0.25) is 20.1 Å². The van der Waals surface area contributed by atoms with Gasteiger partial charge in [-0.1, -0.05) is 162 Å². The highest BCUT2D eigenvalue weighted by Gasteiger charge is 2.37. The predicted molar refractivity (Wildman–Crippen MR) is 359 cm³/mol. The second-order valence-electron chi connectivity index (χ2n) is 26.4. The Morgan fingerprint density at radius 3 is 0.967 bits per heavy atom. The van der Waals surface area contributed by atoms with Gasteiger partial charge in [-0.3, -0.25) is 0 Å². The fourth-order valence-corrected chi connectivity index (χ4v) is 14.0. The summed E-state index contributed by atoms with van der Waals surface area (Å²) in [7, 11) is -3.94. The van der Waals surface area contributed by atoms with Crippen molar-refractivity contribution in [2.45, 2.75) is 80.6 Å². The Morgan fingerprint density at radius 1 is 0.352 bits per heavy atom. The van der Waals surface area contributed by atoms with Crippen molar-refractivity contribution in [3.05, 3.63) is 188 Å². The van der Waals surface area contributed by atoms with Crippen molar-refractivity contribution in [1.29, 1.82) is 0 Å². The maximum Gasteiger partial charge on any atom is 0.331 e. The number of halogens is 4. The lowest BCUT2D eigenvalue weighted by Crippen LogP contribution is -2.34. The van der Waals surface area contributed by atoms with Crippen LogP contribution in [0.4, 0.5) is 0 Å². The molecular formula is C71H74Cl4O14P2. The lowest BCUT2D eigenvalue weighted by Gasteiger charge is -2.36. The van der Waals surface area contributed by atoms with Gasteiger partial charge in [-0.05, 0) is 106 Å². The molecule has 20 heteroatoms. The first-order valence-corrected chi connectivity index (χ1v) is 34.5. The van der Waals surface area contributed by atoms with Crippen LogP contribution in [0.1, 0.15) is 103 Å². The van der Waals surface area contributed by atoms with Gasteiger partial charge in [0.15, 0.2) is 31.5 Å². The highest BCUT2D eigenvalue weighted by molar-refractivity contribution is 7.48. The zero-order valence-electron chi connectivity index (χ0n) is 52.1. The maximum absolute atomic E-state index is 7.17. The normalized spacial score (nSPS) is 18.8. The Kier molecular flexibility index (Phi) is 20.3. The number of hydrogen-bond acceptors (Lipinski definition) is 14. The Balaban J connectivity index is 0.897. The minimum absolute atomic E-state index is 0.0771. The highest BCUT2D eigenvalue weighted by Crippen LogP contribution is 2.53. The molecule has 4 fully saturated rings.